The third kappa shape index (κ3) is 1.91. The first kappa shape index (κ1) is 11.4. The van der Waals surface area contributed by atoms with Crippen molar-refractivity contribution < 1.29 is 32.6 Å². The lowest BCUT2D eigenvalue weighted by Gasteiger charge is -2.09. The van der Waals surface area contributed by atoms with Crippen molar-refractivity contribution in [2.24, 2.45) is 0 Å². The molecule has 2 N–H and O–H groups in total. The van der Waals surface area contributed by atoms with Gasteiger partial charge in [-0.3, -0.25) is 0 Å². The first-order valence-electron chi connectivity index (χ1n) is 3.60. The van der Waals surface area contributed by atoms with Gasteiger partial charge in [0.05, 0.1) is 5.56 Å². The summed E-state index contributed by atoms with van der Waals surface area (Å²) >= 11 is 0. The molecule has 0 aromatic heterocycles. The molecular formula is C8H4F4O3. The fourth-order valence-electron chi connectivity index (χ4n) is 0.955. The van der Waals surface area contributed by atoms with Gasteiger partial charge in [0.2, 0.25) is 0 Å². The van der Waals surface area contributed by atoms with Crippen molar-refractivity contribution in [1.82, 2.24) is 0 Å². The van der Waals surface area contributed by atoms with Crippen LogP contribution in [0.4, 0.5) is 17.6 Å². The number of carboxylic acids is 1. The summed E-state index contributed by atoms with van der Waals surface area (Å²) in [5.41, 5.74) is -1.56. The van der Waals surface area contributed by atoms with Crippen molar-refractivity contribution in [3.05, 3.63) is 34.9 Å². The van der Waals surface area contributed by atoms with Gasteiger partial charge in [0.15, 0.2) is 29.4 Å². The van der Waals surface area contributed by atoms with Gasteiger partial charge in [-0.1, -0.05) is 0 Å². The van der Waals surface area contributed by atoms with Gasteiger partial charge >= 0.3 is 5.97 Å². The minimum Gasteiger partial charge on any atom is -0.479 e. The molecule has 0 radical (unpaired) electrons. The van der Waals surface area contributed by atoms with E-state index in [-0.39, 0.29) is 6.07 Å². The van der Waals surface area contributed by atoms with Gasteiger partial charge in [-0.05, 0) is 0 Å². The molecule has 3 nitrogen and oxygen atoms in total. The topological polar surface area (TPSA) is 57.5 Å². The monoisotopic (exact) mass is 224 g/mol. The Morgan fingerprint density at radius 3 is 1.87 bits per heavy atom. The third-order valence-corrected chi connectivity index (χ3v) is 1.65. The van der Waals surface area contributed by atoms with E-state index >= 15 is 0 Å². The average molecular weight is 224 g/mol. The Bertz CT molecular complexity index is 393. The Morgan fingerprint density at radius 2 is 1.53 bits per heavy atom. The SMILES string of the molecule is O=C(O)[C@H](O)c1c(F)c(F)cc(F)c1F. The van der Waals surface area contributed by atoms with E-state index in [1.165, 1.54) is 0 Å². The quantitative estimate of drug-likeness (QED) is 0.589. The summed E-state index contributed by atoms with van der Waals surface area (Å²) in [6.07, 6.45) is -2.66. The van der Waals surface area contributed by atoms with Crippen LogP contribution in [0.15, 0.2) is 6.07 Å². The van der Waals surface area contributed by atoms with Crippen molar-refractivity contribution in [2.45, 2.75) is 6.10 Å². The summed E-state index contributed by atoms with van der Waals surface area (Å²) in [5.74, 6) is -9.42. The molecule has 0 saturated carbocycles. The summed E-state index contributed by atoms with van der Waals surface area (Å²) in [5, 5.41) is 17.0. The predicted molar refractivity (Wildman–Crippen MR) is 38.9 cm³/mol. The van der Waals surface area contributed by atoms with Crippen molar-refractivity contribution in [1.29, 1.82) is 0 Å². The minimum absolute atomic E-state index is 0.0806. The van der Waals surface area contributed by atoms with Crippen LogP contribution in [0.5, 0.6) is 0 Å². The van der Waals surface area contributed by atoms with Crippen LogP contribution in [0.2, 0.25) is 0 Å². The maximum Gasteiger partial charge on any atom is 0.337 e. The molecule has 0 aliphatic rings. The predicted octanol–water partition coefficient (Wildman–Crippen LogP) is 1.36. The normalized spacial score (nSPS) is 12.6. The zero-order chi connectivity index (χ0) is 11.7. The van der Waals surface area contributed by atoms with Crippen molar-refractivity contribution in [3.63, 3.8) is 0 Å². The lowest BCUT2D eigenvalue weighted by atomic mass is 10.1. The summed E-state index contributed by atoms with van der Waals surface area (Å²) in [7, 11) is 0. The van der Waals surface area contributed by atoms with E-state index in [0.717, 1.165) is 0 Å². The third-order valence-electron chi connectivity index (χ3n) is 1.65. The molecule has 0 spiro atoms. The first-order chi connectivity index (χ1) is 6.86. The summed E-state index contributed by atoms with van der Waals surface area (Å²) < 4.78 is 50.8. The number of carboxylic acid groups (broad SMARTS) is 1. The van der Waals surface area contributed by atoms with E-state index in [1.807, 2.05) is 0 Å². The van der Waals surface area contributed by atoms with Crippen LogP contribution < -0.4 is 0 Å². The van der Waals surface area contributed by atoms with Gasteiger partial charge in [-0.15, -0.1) is 0 Å². The van der Waals surface area contributed by atoms with Gasteiger partial charge in [-0.2, -0.15) is 0 Å². The number of benzene rings is 1. The smallest absolute Gasteiger partial charge is 0.337 e. The molecule has 0 aliphatic carbocycles. The molecule has 15 heavy (non-hydrogen) atoms. The first-order valence-corrected chi connectivity index (χ1v) is 3.60. The van der Waals surface area contributed by atoms with Gasteiger partial charge in [0, 0.05) is 6.07 Å². The fourth-order valence-corrected chi connectivity index (χ4v) is 0.955. The van der Waals surface area contributed by atoms with E-state index < -0.39 is 40.9 Å². The van der Waals surface area contributed by atoms with Gasteiger partial charge in [-0.25, -0.2) is 22.4 Å². The molecule has 0 heterocycles. The largest absolute Gasteiger partial charge is 0.479 e. The van der Waals surface area contributed by atoms with E-state index in [9.17, 15) is 22.4 Å². The summed E-state index contributed by atoms with van der Waals surface area (Å²) in [4.78, 5) is 10.2. The van der Waals surface area contributed by atoms with Crippen LogP contribution >= 0.6 is 0 Å². The summed E-state index contributed by atoms with van der Waals surface area (Å²) in [6, 6.07) is -0.0806. The van der Waals surface area contributed by atoms with Crippen LogP contribution in [-0.2, 0) is 4.79 Å². The van der Waals surface area contributed by atoms with Crippen LogP contribution in [0.1, 0.15) is 11.7 Å². The summed E-state index contributed by atoms with van der Waals surface area (Å²) in [6.45, 7) is 0. The minimum atomic E-state index is -2.66. The average Bonchev–Trinajstić information content (AvgIpc) is 2.15. The van der Waals surface area contributed by atoms with Gasteiger partial charge in [0.1, 0.15) is 0 Å². The van der Waals surface area contributed by atoms with E-state index in [1.54, 1.807) is 0 Å². The standard InChI is InChI=1S/C8H4F4O3/c9-2-1-3(10)6(12)4(5(2)11)7(13)8(14)15/h1,7,13H,(H,14,15)/t7-/m1/s1. The zero-order valence-electron chi connectivity index (χ0n) is 6.97. The highest BCUT2D eigenvalue weighted by atomic mass is 19.2. The Balaban J connectivity index is 3.45. The van der Waals surface area contributed by atoms with Crippen LogP contribution in [0.25, 0.3) is 0 Å². The molecule has 1 rings (SSSR count). The number of aliphatic hydroxyl groups excluding tert-OH is 1. The van der Waals surface area contributed by atoms with Crippen LogP contribution in [0, 0.1) is 23.3 Å². The number of hydrogen-bond donors (Lipinski definition) is 2. The maximum absolute atomic E-state index is 12.8. The molecule has 0 bridgehead atoms. The Kier molecular flexibility index (Phi) is 2.94. The number of carbonyl (C=O) groups is 1. The van der Waals surface area contributed by atoms with E-state index in [4.69, 9.17) is 10.2 Å². The number of aliphatic hydroxyl groups is 1. The Morgan fingerprint density at radius 1 is 1.13 bits per heavy atom. The number of hydrogen-bond acceptors (Lipinski definition) is 2. The molecule has 1 atom stereocenters. The highest BCUT2D eigenvalue weighted by Crippen LogP contribution is 2.25. The maximum atomic E-state index is 12.8. The highest BCUT2D eigenvalue weighted by molar-refractivity contribution is 5.74. The second-order valence-electron chi connectivity index (χ2n) is 2.62. The molecular weight excluding hydrogens is 220 g/mol. The molecule has 0 fully saturated rings. The number of rotatable bonds is 2. The molecule has 0 unspecified atom stereocenters. The highest BCUT2D eigenvalue weighted by Gasteiger charge is 2.28. The fraction of sp³-hybridized carbons (Fsp3) is 0.125. The lowest BCUT2D eigenvalue weighted by Crippen LogP contribution is -2.16. The van der Waals surface area contributed by atoms with Crippen LogP contribution in [-0.4, -0.2) is 16.2 Å². The molecule has 0 saturated heterocycles. The molecule has 82 valence electrons. The van der Waals surface area contributed by atoms with Crippen molar-refractivity contribution in [2.75, 3.05) is 0 Å². The second-order valence-corrected chi connectivity index (χ2v) is 2.62. The Labute approximate surface area is 80.6 Å². The van der Waals surface area contributed by atoms with E-state index in [0.29, 0.717) is 0 Å². The number of halogens is 4. The van der Waals surface area contributed by atoms with Crippen molar-refractivity contribution >= 4 is 5.97 Å². The van der Waals surface area contributed by atoms with E-state index in [2.05, 4.69) is 0 Å². The lowest BCUT2D eigenvalue weighted by molar-refractivity contribution is -0.147. The Hall–Kier alpha value is -1.63. The molecule has 7 heteroatoms. The molecule has 1 aromatic rings. The zero-order valence-corrected chi connectivity index (χ0v) is 6.97. The van der Waals surface area contributed by atoms with Crippen molar-refractivity contribution in [3.8, 4) is 0 Å². The molecule has 0 amide bonds. The molecule has 1 aromatic carbocycles. The van der Waals surface area contributed by atoms with Gasteiger partial charge in [0.25, 0.3) is 0 Å². The van der Waals surface area contributed by atoms with Crippen LogP contribution in [0.3, 0.4) is 0 Å². The number of aliphatic carboxylic acids is 1. The van der Waals surface area contributed by atoms with Gasteiger partial charge < -0.3 is 10.2 Å². The second kappa shape index (κ2) is 3.85. The molecule has 0 aliphatic heterocycles.